The van der Waals surface area contributed by atoms with E-state index in [2.05, 4.69) is 56.4 Å². The number of primary amides is 1. The van der Waals surface area contributed by atoms with Crippen molar-refractivity contribution in [1.29, 1.82) is 0 Å². The molecule has 5 aromatic carbocycles. The molecule has 24 N–H and O–H groups in total. The largest absolute Gasteiger partial charge is 0.508 e. The number of aliphatic hydroxyl groups excluding tert-OH is 8. The minimum Gasteiger partial charge on any atom is -0.508 e. The highest BCUT2D eigenvalue weighted by Crippen LogP contribution is 2.61. The maximum Gasteiger partial charge on any atom is 0.330 e. The summed E-state index contributed by atoms with van der Waals surface area (Å²) in [5.41, 5.74) is 8.23. The molecule has 13 bridgehead atoms. The van der Waals surface area contributed by atoms with E-state index in [0.717, 1.165) is 79.9 Å². The highest BCUT2D eigenvalue weighted by atomic mass is 35.5. The van der Waals surface area contributed by atoms with E-state index in [0.29, 0.717) is 24.3 Å². The Labute approximate surface area is 708 Å². The first-order valence-corrected chi connectivity index (χ1v) is 40.7. The number of carboxylic acid groups (broad SMARTS) is 1. The number of aromatic hydroxyl groups is 3. The lowest BCUT2D eigenvalue weighted by Crippen LogP contribution is -2.65. The Morgan fingerprint density at radius 2 is 1.30 bits per heavy atom. The number of amides is 7. The summed E-state index contributed by atoms with van der Waals surface area (Å²) in [5, 5.41) is 160. The van der Waals surface area contributed by atoms with Gasteiger partial charge in [-0.25, -0.2) is 4.79 Å². The number of nitrogens with one attached hydrogen (secondary N) is 8. The molecule has 40 heteroatoms. The zero-order valence-electron chi connectivity index (χ0n) is 67.2. The molecule has 0 radical (unpaired) electrons. The quantitative estimate of drug-likeness (QED) is 0.0538. The third kappa shape index (κ3) is 18.6. The summed E-state index contributed by atoms with van der Waals surface area (Å²) in [7, 11) is 1.47. The number of nitrogens with two attached hydrogens (primary N) is 2. The van der Waals surface area contributed by atoms with E-state index < -0.39 is 273 Å². The Morgan fingerprint density at radius 1 is 0.664 bits per heavy atom. The van der Waals surface area contributed by atoms with Gasteiger partial charge in [-0.15, -0.1) is 0 Å². The molecule has 6 fully saturated rings. The lowest BCUT2D eigenvalue weighted by atomic mass is 9.45. The van der Waals surface area contributed by atoms with Gasteiger partial charge >= 0.3 is 5.97 Å². The lowest BCUT2D eigenvalue weighted by molar-refractivity contribution is -0.350. The van der Waals surface area contributed by atoms with Crippen LogP contribution in [-0.4, -0.2) is 245 Å². The van der Waals surface area contributed by atoms with Crippen LogP contribution in [-0.2, 0) is 62.0 Å². The van der Waals surface area contributed by atoms with Crippen molar-refractivity contribution in [3.63, 3.8) is 0 Å². The monoisotopic (exact) mass is 1740 g/mol. The fourth-order valence-corrected chi connectivity index (χ4v) is 18.1. The summed E-state index contributed by atoms with van der Waals surface area (Å²) in [6.07, 6.45) is -25.4. The number of phenols is 3. The standard InChI is InChI=1S/C82H102Cl2N10O28/c1-30(2)16-44(87-7)72(107)93-60-62(100)33-10-14-48(42(83)18-33)116-50-20-36-21-51(69(50)121-80-67(105)65(103)70(53(29-95)119-80)122-79-66(104)64(102)63(101)52(118-79)28-88-27-35-8-12-37-22-41(35)81(37,4)5)117-49-15-11-34(19-43(49)84)68(120-55-26-82(6,86)71(106)31(3)115-55)61-77(112)92-59(78(113)114)40-23-38(96)24-47(98)56(40)39-17-32(9-13-46(39)97)57(74(109)94-61)91-75(110)58(36)90-73(108)45(25-54(85)99)89-76(60)111/h9-11,13-15,17-21,23-24,30-31,35,37,41,44-45,52-53,55,57-68,70-71,79-80,87-88,95-98,100-106H,8,12,16,22,25-29,86H2,1-7H3,(H2,85,99)(H,89,111)(H,90,108)(H,91,110)(H,92,112)(H,93,107)(H,94,109)(H,113,114)/t31-,35?,37-,41-,44+,45?,52+,53+,55-,57+,58+,59?,60?,61-,62+,63-,64-,65+,66+,67+,68+,70+,71-,79-,80-,82-/m0/s1. The first-order valence-electron chi connectivity index (χ1n) is 40.0. The lowest BCUT2D eigenvalue weighted by Gasteiger charge is -2.60. The van der Waals surface area contributed by atoms with Gasteiger partial charge in [0.15, 0.2) is 30.1 Å². The molecule has 26 atom stereocenters. The third-order valence-corrected chi connectivity index (χ3v) is 25.0. The number of aliphatic carboxylic acids is 1. The number of carboxylic acids is 1. The second-order valence-electron chi connectivity index (χ2n) is 33.7. The zero-order valence-corrected chi connectivity index (χ0v) is 68.7. The zero-order chi connectivity index (χ0) is 88.3. The topological polar surface area (TPSA) is 601 Å². The number of aliphatic hydroxyl groups is 8. The van der Waals surface area contributed by atoms with Crippen LogP contribution in [0.4, 0.5) is 0 Å². The number of fused-ring (bicyclic) bond motifs is 17. The molecule has 7 amide bonds. The molecule has 4 unspecified atom stereocenters. The summed E-state index contributed by atoms with van der Waals surface area (Å²) >= 11 is 14.5. The van der Waals surface area contributed by atoms with E-state index in [1.54, 1.807) is 0 Å². The normalized spacial score (nSPS) is 33.5. The first-order chi connectivity index (χ1) is 57.6. The molecule has 16 rings (SSSR count). The van der Waals surface area contributed by atoms with Crippen molar-refractivity contribution >= 4 is 70.5 Å². The van der Waals surface area contributed by atoms with Gasteiger partial charge in [-0.05, 0) is 159 Å². The SMILES string of the molecule is CN[C@H](CC(C)C)C(=O)NC1C(=O)NC(CC(N)=O)C(=O)N[C@H]2C(=O)N[C@H]3C(=O)N[C@H](C(=O)NC(C(=O)O)c4cc(O)cc(O)c4-c4cc3ccc4O)[C@H](O[C@H]3C[C@](C)(N)[C@@H](O)[C@H](C)O3)c3ccc(c(Cl)c3)Oc3cc2cc(c3O[C@@H]2O[C@H](CO)[C@@H](O[C@@H]3O[C@H](CNCC4CC[C@H]5C[C@@H]4C5(C)C)[C@H](O)[C@H](O)[C@H]3O)[C@H](O)[C@H]2O)Oc2ccc(cc2Cl)[C@H]1O. The number of carbonyl (C=O) groups excluding carboxylic acids is 7. The van der Waals surface area contributed by atoms with Crippen LogP contribution in [0.5, 0.6) is 46.0 Å². The number of ether oxygens (including phenoxy) is 8. The number of carbonyl (C=O) groups is 8. The van der Waals surface area contributed by atoms with Gasteiger partial charge in [-0.3, -0.25) is 33.6 Å². The van der Waals surface area contributed by atoms with Crippen molar-refractivity contribution in [2.75, 3.05) is 26.7 Å². The summed E-state index contributed by atoms with van der Waals surface area (Å²) in [6.45, 7) is 10.5. The number of hydrogen-bond acceptors (Lipinski definition) is 30. The number of hydrogen-bond donors (Lipinski definition) is 22. The molecule has 3 saturated carbocycles. The molecule has 11 aliphatic rings. The van der Waals surface area contributed by atoms with Gasteiger partial charge in [0.25, 0.3) is 0 Å². The van der Waals surface area contributed by atoms with E-state index in [1.807, 2.05) is 13.8 Å². The van der Waals surface area contributed by atoms with E-state index in [9.17, 15) is 75.7 Å². The van der Waals surface area contributed by atoms with E-state index in [4.69, 9.17) is 72.6 Å². The Morgan fingerprint density at radius 3 is 1.92 bits per heavy atom. The van der Waals surface area contributed by atoms with E-state index >= 15 is 24.0 Å². The number of halogens is 2. The van der Waals surface area contributed by atoms with Crippen LogP contribution in [0.1, 0.15) is 138 Å². The molecule has 662 valence electrons. The maximum atomic E-state index is 16.4. The van der Waals surface area contributed by atoms with Gasteiger partial charge in [-0.1, -0.05) is 69.1 Å². The molecule has 3 aliphatic carbocycles. The van der Waals surface area contributed by atoms with Crippen molar-refractivity contribution in [3.05, 3.63) is 117 Å². The smallest absolute Gasteiger partial charge is 0.330 e. The number of rotatable bonds is 19. The van der Waals surface area contributed by atoms with Crippen LogP contribution >= 0.6 is 23.2 Å². The molecule has 38 nitrogen and oxygen atoms in total. The summed E-state index contributed by atoms with van der Waals surface area (Å²) in [6, 6.07) is -0.806. The fourth-order valence-electron chi connectivity index (χ4n) is 17.6. The maximum absolute atomic E-state index is 16.4. The number of benzene rings is 5. The van der Waals surface area contributed by atoms with Gasteiger partial charge < -0.3 is 153 Å². The average molecular weight is 1750 g/mol. The third-order valence-electron chi connectivity index (χ3n) is 24.4. The molecule has 8 heterocycles. The van der Waals surface area contributed by atoms with Gasteiger partial charge in [0.2, 0.25) is 53.4 Å². The van der Waals surface area contributed by atoms with Crippen molar-refractivity contribution in [3.8, 4) is 57.1 Å². The molecule has 3 saturated heterocycles. The van der Waals surface area contributed by atoms with Gasteiger partial charge in [-0.2, -0.15) is 0 Å². The van der Waals surface area contributed by atoms with Crippen molar-refractivity contribution in [2.45, 2.75) is 220 Å². The molecule has 0 aromatic heterocycles. The summed E-state index contributed by atoms with van der Waals surface area (Å²) in [4.78, 5) is 120. The molecule has 122 heavy (non-hydrogen) atoms. The Bertz CT molecular complexity index is 4810. The summed E-state index contributed by atoms with van der Waals surface area (Å²) in [5.74, 6) is -15.1. The first kappa shape index (κ1) is 90.3. The Hall–Kier alpha value is -9.40. The van der Waals surface area contributed by atoms with Crippen LogP contribution in [0.3, 0.4) is 0 Å². The second-order valence-corrected chi connectivity index (χ2v) is 34.5. The summed E-state index contributed by atoms with van der Waals surface area (Å²) < 4.78 is 51.4. The Kier molecular flexibility index (Phi) is 27.0. The highest BCUT2D eigenvalue weighted by molar-refractivity contribution is 6.32. The van der Waals surface area contributed by atoms with E-state index in [1.165, 1.54) is 39.1 Å². The van der Waals surface area contributed by atoms with Crippen LogP contribution in [0.15, 0.2) is 78.9 Å². The number of phenolic OH excluding ortho intramolecular Hbond substituents is 3. The average Bonchev–Trinajstić information content (AvgIpc) is 0.735. The predicted octanol–water partition coefficient (Wildman–Crippen LogP) is 0.600. The molecule has 0 spiro atoms. The second kappa shape index (κ2) is 36.4. The molecule has 8 aliphatic heterocycles. The molecule has 5 aromatic rings. The van der Waals surface area contributed by atoms with Crippen LogP contribution in [0, 0.1) is 29.1 Å². The van der Waals surface area contributed by atoms with Crippen molar-refractivity contribution in [2.24, 2.45) is 40.6 Å². The predicted molar refractivity (Wildman–Crippen MR) is 426 cm³/mol. The highest BCUT2D eigenvalue weighted by Gasteiger charge is 2.56. The number of likely N-dealkylation sites (N-methyl/N-ethyl adjacent to an activating group) is 1. The van der Waals surface area contributed by atoms with Crippen molar-refractivity contribution in [1.82, 2.24) is 42.5 Å². The fraction of sp³-hybridized carbons (Fsp3) is 0.537. The van der Waals surface area contributed by atoms with Crippen molar-refractivity contribution < 1.29 is 138 Å². The van der Waals surface area contributed by atoms with Gasteiger partial charge in [0.1, 0.15) is 120 Å². The Balaban J connectivity index is 0.980. The molecular weight excluding hydrogens is 1640 g/mol. The van der Waals surface area contributed by atoms with Gasteiger partial charge in [0, 0.05) is 41.3 Å². The minimum absolute atomic E-state index is 0.0399. The van der Waals surface area contributed by atoms with Gasteiger partial charge in [0.05, 0.1) is 41.3 Å². The van der Waals surface area contributed by atoms with Crippen LogP contribution in [0.25, 0.3) is 11.1 Å². The molecular formula is C82H102Cl2N10O28. The van der Waals surface area contributed by atoms with Crippen LogP contribution in [0.2, 0.25) is 10.0 Å². The van der Waals surface area contributed by atoms with Crippen LogP contribution < -0.4 is 68.2 Å². The van der Waals surface area contributed by atoms with E-state index in [-0.39, 0.29) is 53.2 Å². The minimum atomic E-state index is -2.41.